The molecule has 0 aliphatic carbocycles. The Bertz CT molecular complexity index is 687. The van der Waals surface area contributed by atoms with Crippen molar-refractivity contribution in [3.63, 3.8) is 0 Å². The highest BCUT2D eigenvalue weighted by Gasteiger charge is 2.16. The zero-order valence-corrected chi connectivity index (χ0v) is 11.9. The Labute approximate surface area is 121 Å². The summed E-state index contributed by atoms with van der Waals surface area (Å²) in [4.78, 5) is 19.7. The Kier molecular flexibility index (Phi) is 4.26. The molecule has 1 amide bonds. The zero-order chi connectivity index (χ0) is 15.6. The number of aryl methyl sites for hydroxylation is 3. The third kappa shape index (κ3) is 3.59. The fourth-order valence-corrected chi connectivity index (χ4v) is 1.88. The van der Waals surface area contributed by atoms with Gasteiger partial charge < -0.3 is 5.32 Å². The minimum atomic E-state index is -2.74. The second kappa shape index (κ2) is 5.95. The summed E-state index contributed by atoms with van der Waals surface area (Å²) in [6.45, 7) is 5.23. The molecule has 0 radical (unpaired) electrons. The van der Waals surface area contributed by atoms with Gasteiger partial charge in [0.15, 0.2) is 0 Å². The molecule has 0 unspecified atom stereocenters. The van der Waals surface area contributed by atoms with Gasteiger partial charge in [0, 0.05) is 5.69 Å². The first-order chi connectivity index (χ1) is 9.86. The molecule has 0 atom stereocenters. The van der Waals surface area contributed by atoms with E-state index in [2.05, 4.69) is 15.3 Å². The Morgan fingerprint density at radius 1 is 1.14 bits per heavy atom. The maximum Gasteiger partial charge on any atom is 0.280 e. The summed E-state index contributed by atoms with van der Waals surface area (Å²) < 4.78 is 25.4. The lowest BCUT2D eigenvalue weighted by Gasteiger charge is -2.10. The van der Waals surface area contributed by atoms with E-state index in [9.17, 15) is 13.6 Å². The monoisotopic (exact) mass is 291 g/mol. The summed E-state index contributed by atoms with van der Waals surface area (Å²) in [5.74, 6) is -0.394. The second-order valence-corrected chi connectivity index (χ2v) is 4.80. The lowest BCUT2D eigenvalue weighted by atomic mass is 10.1. The molecule has 0 bridgehead atoms. The van der Waals surface area contributed by atoms with Crippen molar-refractivity contribution < 1.29 is 13.6 Å². The number of aromatic nitrogens is 2. The van der Waals surface area contributed by atoms with Crippen LogP contribution in [0.3, 0.4) is 0 Å². The molecule has 1 heterocycles. The highest BCUT2D eigenvalue weighted by molar-refractivity contribution is 6.03. The van der Waals surface area contributed by atoms with E-state index in [1.807, 2.05) is 32.0 Å². The van der Waals surface area contributed by atoms with E-state index in [0.717, 1.165) is 17.2 Å². The largest absolute Gasteiger partial charge is 0.320 e. The van der Waals surface area contributed by atoms with Crippen molar-refractivity contribution in [3.05, 3.63) is 52.6 Å². The molecule has 0 saturated heterocycles. The molecule has 0 fully saturated rings. The molecular weight excluding hydrogens is 276 g/mol. The maximum atomic E-state index is 12.7. The van der Waals surface area contributed by atoms with Gasteiger partial charge in [-0.3, -0.25) is 4.79 Å². The number of rotatable bonds is 3. The standard InChI is InChI=1S/C15H15F2N3O/c1-8-4-5-9(2)11(6-8)20-15(21)13-7-12(14(16)17)18-10(3)19-13/h4-7,14H,1-3H3,(H,20,21). The average molecular weight is 291 g/mol. The number of halogens is 2. The second-order valence-electron chi connectivity index (χ2n) is 4.80. The van der Waals surface area contributed by atoms with Gasteiger partial charge in [-0.05, 0) is 44.0 Å². The number of carbonyl (C=O) groups is 1. The van der Waals surface area contributed by atoms with Crippen molar-refractivity contribution in [1.82, 2.24) is 9.97 Å². The third-order valence-electron chi connectivity index (χ3n) is 2.96. The van der Waals surface area contributed by atoms with Crippen LogP contribution in [0.25, 0.3) is 0 Å². The van der Waals surface area contributed by atoms with E-state index < -0.39 is 18.0 Å². The van der Waals surface area contributed by atoms with Crippen LogP contribution in [-0.4, -0.2) is 15.9 Å². The van der Waals surface area contributed by atoms with Crippen LogP contribution in [0.5, 0.6) is 0 Å². The Morgan fingerprint density at radius 2 is 1.86 bits per heavy atom. The molecule has 2 rings (SSSR count). The first-order valence-corrected chi connectivity index (χ1v) is 6.39. The number of anilines is 1. The van der Waals surface area contributed by atoms with E-state index in [1.165, 1.54) is 6.92 Å². The minimum absolute atomic E-state index is 0.0706. The van der Waals surface area contributed by atoms with Gasteiger partial charge in [0.1, 0.15) is 17.2 Å². The molecule has 1 N–H and O–H groups in total. The first kappa shape index (κ1) is 15.0. The van der Waals surface area contributed by atoms with Gasteiger partial charge in [0.05, 0.1) is 0 Å². The van der Waals surface area contributed by atoms with E-state index in [-0.39, 0.29) is 11.5 Å². The summed E-state index contributed by atoms with van der Waals surface area (Å²) in [6.07, 6.45) is -2.74. The van der Waals surface area contributed by atoms with Crippen LogP contribution in [0.15, 0.2) is 24.3 Å². The molecule has 0 saturated carbocycles. The van der Waals surface area contributed by atoms with Gasteiger partial charge in [-0.15, -0.1) is 0 Å². The van der Waals surface area contributed by atoms with Crippen molar-refractivity contribution >= 4 is 11.6 Å². The van der Waals surface area contributed by atoms with E-state index in [1.54, 1.807) is 0 Å². The molecule has 0 spiro atoms. The van der Waals surface area contributed by atoms with E-state index in [0.29, 0.717) is 5.69 Å². The fraction of sp³-hybridized carbons (Fsp3) is 0.267. The topological polar surface area (TPSA) is 54.9 Å². The molecule has 2 aromatic rings. The molecule has 0 aliphatic heterocycles. The van der Waals surface area contributed by atoms with Crippen LogP contribution in [0.2, 0.25) is 0 Å². The number of hydrogen-bond acceptors (Lipinski definition) is 3. The summed E-state index contributed by atoms with van der Waals surface area (Å²) in [7, 11) is 0. The van der Waals surface area contributed by atoms with Gasteiger partial charge in [-0.25, -0.2) is 18.7 Å². The van der Waals surface area contributed by atoms with Crippen LogP contribution in [0, 0.1) is 20.8 Å². The van der Waals surface area contributed by atoms with Crippen molar-refractivity contribution in [2.75, 3.05) is 5.32 Å². The average Bonchev–Trinajstić information content (AvgIpc) is 2.42. The van der Waals surface area contributed by atoms with E-state index in [4.69, 9.17) is 0 Å². The number of hydrogen-bond donors (Lipinski definition) is 1. The number of carbonyl (C=O) groups excluding carboxylic acids is 1. The molecule has 6 heteroatoms. The maximum absolute atomic E-state index is 12.7. The first-order valence-electron chi connectivity index (χ1n) is 6.39. The lowest BCUT2D eigenvalue weighted by molar-refractivity contribution is 0.102. The normalized spacial score (nSPS) is 10.8. The number of nitrogens with one attached hydrogen (secondary N) is 1. The summed E-state index contributed by atoms with van der Waals surface area (Å²) in [5, 5.41) is 2.69. The SMILES string of the molecule is Cc1ccc(C)c(NC(=O)c2cc(C(F)F)nc(C)n2)c1. The number of nitrogens with zero attached hydrogens (tertiary/aromatic N) is 2. The Hall–Kier alpha value is -2.37. The summed E-state index contributed by atoms with van der Waals surface area (Å²) in [5.41, 5.74) is 1.99. The van der Waals surface area contributed by atoms with Crippen molar-refractivity contribution in [2.24, 2.45) is 0 Å². The van der Waals surface area contributed by atoms with Gasteiger partial charge in [-0.2, -0.15) is 0 Å². The Balaban J connectivity index is 2.30. The van der Waals surface area contributed by atoms with Crippen LogP contribution in [0.4, 0.5) is 14.5 Å². The molecule has 0 aliphatic rings. The van der Waals surface area contributed by atoms with Crippen molar-refractivity contribution in [3.8, 4) is 0 Å². The fourth-order valence-electron chi connectivity index (χ4n) is 1.88. The quantitative estimate of drug-likeness (QED) is 0.940. The molecule has 1 aromatic heterocycles. The van der Waals surface area contributed by atoms with Crippen molar-refractivity contribution in [2.45, 2.75) is 27.2 Å². The Morgan fingerprint density at radius 3 is 2.52 bits per heavy atom. The highest BCUT2D eigenvalue weighted by atomic mass is 19.3. The van der Waals surface area contributed by atoms with Crippen LogP contribution in [-0.2, 0) is 0 Å². The van der Waals surface area contributed by atoms with Crippen LogP contribution < -0.4 is 5.32 Å². The number of alkyl halides is 2. The van der Waals surface area contributed by atoms with Gasteiger partial charge in [0.25, 0.3) is 12.3 Å². The minimum Gasteiger partial charge on any atom is -0.320 e. The molecule has 110 valence electrons. The summed E-state index contributed by atoms with van der Waals surface area (Å²) in [6, 6.07) is 6.63. The number of benzene rings is 1. The smallest absolute Gasteiger partial charge is 0.280 e. The lowest BCUT2D eigenvalue weighted by Crippen LogP contribution is -2.16. The van der Waals surface area contributed by atoms with Crippen LogP contribution >= 0.6 is 0 Å². The van der Waals surface area contributed by atoms with Crippen molar-refractivity contribution in [1.29, 1.82) is 0 Å². The third-order valence-corrected chi connectivity index (χ3v) is 2.96. The van der Waals surface area contributed by atoms with Gasteiger partial charge in [0.2, 0.25) is 0 Å². The van der Waals surface area contributed by atoms with Gasteiger partial charge in [-0.1, -0.05) is 12.1 Å². The van der Waals surface area contributed by atoms with E-state index >= 15 is 0 Å². The highest BCUT2D eigenvalue weighted by Crippen LogP contribution is 2.19. The number of amides is 1. The predicted molar refractivity (Wildman–Crippen MR) is 75.6 cm³/mol. The van der Waals surface area contributed by atoms with Gasteiger partial charge >= 0.3 is 0 Å². The molecule has 1 aromatic carbocycles. The molecule has 21 heavy (non-hydrogen) atoms. The predicted octanol–water partition coefficient (Wildman–Crippen LogP) is 3.59. The summed E-state index contributed by atoms with van der Waals surface area (Å²) >= 11 is 0. The molecular formula is C15H15F2N3O. The van der Waals surface area contributed by atoms with Crippen LogP contribution in [0.1, 0.15) is 39.6 Å². The molecule has 4 nitrogen and oxygen atoms in total. The zero-order valence-electron chi connectivity index (χ0n) is 11.9.